The summed E-state index contributed by atoms with van der Waals surface area (Å²) in [7, 11) is 0. The molecular weight excluding hydrogens is 236 g/mol. The highest BCUT2D eigenvalue weighted by Crippen LogP contribution is 2.33. The molecule has 0 fully saturated rings. The molecule has 84 valence electrons. The second-order valence-corrected chi connectivity index (χ2v) is 5.84. The SMILES string of the molecule is Cc1ccc(-c2ccc(C(C)C)s2)cc1Cl. The van der Waals surface area contributed by atoms with Gasteiger partial charge in [-0.1, -0.05) is 37.6 Å². The summed E-state index contributed by atoms with van der Waals surface area (Å²) in [6, 6.07) is 10.6. The summed E-state index contributed by atoms with van der Waals surface area (Å²) in [4.78, 5) is 2.72. The summed E-state index contributed by atoms with van der Waals surface area (Å²) in [5.41, 5.74) is 2.35. The maximum absolute atomic E-state index is 6.14. The zero-order chi connectivity index (χ0) is 11.7. The number of rotatable bonds is 2. The van der Waals surface area contributed by atoms with Gasteiger partial charge in [-0.05, 0) is 42.2 Å². The Hall–Kier alpha value is -0.790. The molecule has 0 radical (unpaired) electrons. The van der Waals surface area contributed by atoms with Crippen LogP contribution in [-0.4, -0.2) is 0 Å². The van der Waals surface area contributed by atoms with Crippen LogP contribution in [0.1, 0.15) is 30.2 Å². The predicted molar refractivity (Wildman–Crippen MR) is 73.6 cm³/mol. The van der Waals surface area contributed by atoms with Crippen molar-refractivity contribution in [2.45, 2.75) is 26.7 Å². The number of hydrogen-bond acceptors (Lipinski definition) is 1. The molecule has 0 saturated heterocycles. The zero-order valence-corrected chi connectivity index (χ0v) is 11.3. The standard InChI is InChI=1S/C14H15ClS/c1-9(2)13-6-7-14(16-13)11-5-4-10(3)12(15)8-11/h4-9H,1-3H3. The van der Waals surface area contributed by atoms with Crippen molar-refractivity contribution in [1.82, 2.24) is 0 Å². The maximum Gasteiger partial charge on any atom is 0.0441 e. The molecule has 16 heavy (non-hydrogen) atoms. The van der Waals surface area contributed by atoms with Crippen molar-refractivity contribution in [2.75, 3.05) is 0 Å². The molecule has 2 rings (SSSR count). The Bertz CT molecular complexity index is 497. The molecule has 0 bridgehead atoms. The van der Waals surface area contributed by atoms with E-state index in [9.17, 15) is 0 Å². The highest BCUT2D eigenvalue weighted by molar-refractivity contribution is 7.15. The van der Waals surface area contributed by atoms with Crippen LogP contribution in [0, 0.1) is 6.92 Å². The lowest BCUT2D eigenvalue weighted by molar-refractivity contribution is 0.890. The largest absolute Gasteiger partial charge is 0.140 e. The van der Waals surface area contributed by atoms with E-state index in [1.165, 1.54) is 15.3 Å². The summed E-state index contributed by atoms with van der Waals surface area (Å²) in [5, 5.41) is 0.844. The highest BCUT2D eigenvalue weighted by Gasteiger charge is 2.06. The molecule has 0 aliphatic heterocycles. The molecule has 2 heteroatoms. The molecule has 0 nitrogen and oxygen atoms in total. The monoisotopic (exact) mass is 250 g/mol. The average molecular weight is 251 g/mol. The van der Waals surface area contributed by atoms with E-state index in [1.54, 1.807) is 0 Å². The van der Waals surface area contributed by atoms with E-state index in [0.717, 1.165) is 10.6 Å². The third-order valence-corrected chi connectivity index (χ3v) is 4.49. The van der Waals surface area contributed by atoms with Gasteiger partial charge in [-0.3, -0.25) is 0 Å². The van der Waals surface area contributed by atoms with Crippen molar-refractivity contribution in [3.05, 3.63) is 45.8 Å². The van der Waals surface area contributed by atoms with Gasteiger partial charge in [-0.2, -0.15) is 0 Å². The van der Waals surface area contributed by atoms with Gasteiger partial charge in [-0.15, -0.1) is 11.3 Å². The van der Waals surface area contributed by atoms with Crippen LogP contribution in [-0.2, 0) is 0 Å². The fraction of sp³-hybridized carbons (Fsp3) is 0.286. The Kier molecular flexibility index (Phi) is 3.36. The number of benzene rings is 1. The van der Waals surface area contributed by atoms with Gasteiger partial charge in [0.2, 0.25) is 0 Å². The first-order valence-electron chi connectivity index (χ1n) is 5.44. The molecule has 0 aliphatic rings. The Morgan fingerprint density at radius 2 is 1.88 bits per heavy atom. The normalized spacial score (nSPS) is 11.1. The van der Waals surface area contributed by atoms with Gasteiger partial charge in [0, 0.05) is 14.8 Å². The van der Waals surface area contributed by atoms with Crippen molar-refractivity contribution >= 4 is 22.9 Å². The van der Waals surface area contributed by atoms with Crippen LogP contribution in [0.5, 0.6) is 0 Å². The number of aryl methyl sites for hydroxylation is 1. The Morgan fingerprint density at radius 3 is 2.44 bits per heavy atom. The summed E-state index contributed by atoms with van der Waals surface area (Å²) in [5.74, 6) is 0.597. The van der Waals surface area contributed by atoms with Gasteiger partial charge in [0.05, 0.1) is 0 Å². The quantitative estimate of drug-likeness (QED) is 0.660. The van der Waals surface area contributed by atoms with Crippen molar-refractivity contribution in [2.24, 2.45) is 0 Å². The van der Waals surface area contributed by atoms with E-state index in [2.05, 4.69) is 38.1 Å². The van der Waals surface area contributed by atoms with Crippen LogP contribution < -0.4 is 0 Å². The molecule has 1 aromatic carbocycles. The number of halogens is 1. The predicted octanol–water partition coefficient (Wildman–Crippen LogP) is 5.50. The molecule has 0 saturated carbocycles. The second-order valence-electron chi connectivity index (χ2n) is 4.32. The fourth-order valence-corrected chi connectivity index (χ4v) is 2.75. The van der Waals surface area contributed by atoms with Gasteiger partial charge in [-0.25, -0.2) is 0 Å². The van der Waals surface area contributed by atoms with Gasteiger partial charge in [0.15, 0.2) is 0 Å². The van der Waals surface area contributed by atoms with Crippen LogP contribution in [0.3, 0.4) is 0 Å². The molecule has 0 unspecified atom stereocenters. The lowest BCUT2D eigenvalue weighted by Crippen LogP contribution is -1.78. The summed E-state index contributed by atoms with van der Waals surface area (Å²) >= 11 is 7.99. The van der Waals surface area contributed by atoms with Crippen molar-refractivity contribution < 1.29 is 0 Å². The van der Waals surface area contributed by atoms with E-state index in [0.29, 0.717) is 5.92 Å². The Morgan fingerprint density at radius 1 is 1.12 bits per heavy atom. The average Bonchev–Trinajstić information content (AvgIpc) is 2.71. The topological polar surface area (TPSA) is 0 Å². The fourth-order valence-electron chi connectivity index (χ4n) is 1.56. The van der Waals surface area contributed by atoms with Gasteiger partial charge in [0.1, 0.15) is 0 Å². The molecule has 0 aliphatic carbocycles. The minimum absolute atomic E-state index is 0.597. The van der Waals surface area contributed by atoms with Crippen LogP contribution in [0.15, 0.2) is 30.3 Å². The van der Waals surface area contributed by atoms with E-state index in [-0.39, 0.29) is 0 Å². The Balaban J connectivity index is 2.39. The highest BCUT2D eigenvalue weighted by atomic mass is 35.5. The molecule has 0 N–H and O–H groups in total. The van der Waals surface area contributed by atoms with Crippen LogP contribution in [0.4, 0.5) is 0 Å². The van der Waals surface area contributed by atoms with Crippen LogP contribution >= 0.6 is 22.9 Å². The molecule has 1 aromatic heterocycles. The van der Waals surface area contributed by atoms with E-state index in [4.69, 9.17) is 11.6 Å². The molecular formula is C14H15ClS. The first-order chi connectivity index (χ1) is 7.58. The van der Waals surface area contributed by atoms with Crippen molar-refractivity contribution in [3.8, 4) is 10.4 Å². The van der Waals surface area contributed by atoms with Crippen LogP contribution in [0.25, 0.3) is 10.4 Å². The minimum atomic E-state index is 0.597. The molecule has 0 spiro atoms. The summed E-state index contributed by atoms with van der Waals surface area (Å²) in [6.45, 7) is 6.47. The molecule has 0 atom stereocenters. The summed E-state index contributed by atoms with van der Waals surface area (Å²) in [6.07, 6.45) is 0. The van der Waals surface area contributed by atoms with E-state index in [1.807, 2.05) is 24.3 Å². The molecule has 0 amide bonds. The third-order valence-electron chi connectivity index (χ3n) is 2.65. The molecule has 2 aromatic rings. The van der Waals surface area contributed by atoms with E-state index < -0.39 is 0 Å². The first-order valence-corrected chi connectivity index (χ1v) is 6.63. The number of hydrogen-bond donors (Lipinski definition) is 0. The van der Waals surface area contributed by atoms with Gasteiger partial charge < -0.3 is 0 Å². The van der Waals surface area contributed by atoms with Crippen molar-refractivity contribution in [1.29, 1.82) is 0 Å². The van der Waals surface area contributed by atoms with Crippen molar-refractivity contribution in [3.63, 3.8) is 0 Å². The van der Waals surface area contributed by atoms with Gasteiger partial charge in [0.25, 0.3) is 0 Å². The minimum Gasteiger partial charge on any atom is -0.140 e. The summed E-state index contributed by atoms with van der Waals surface area (Å²) < 4.78 is 0. The van der Waals surface area contributed by atoms with Gasteiger partial charge >= 0.3 is 0 Å². The second kappa shape index (κ2) is 4.60. The first kappa shape index (κ1) is 11.7. The third kappa shape index (κ3) is 2.31. The zero-order valence-electron chi connectivity index (χ0n) is 9.75. The van der Waals surface area contributed by atoms with Crippen LogP contribution in [0.2, 0.25) is 5.02 Å². The maximum atomic E-state index is 6.14. The van der Waals surface area contributed by atoms with E-state index >= 15 is 0 Å². The Labute approximate surface area is 106 Å². The lowest BCUT2D eigenvalue weighted by atomic mass is 10.1. The lowest BCUT2D eigenvalue weighted by Gasteiger charge is -2.02. The number of thiophene rings is 1. The smallest absolute Gasteiger partial charge is 0.0441 e. The molecule has 1 heterocycles.